The van der Waals surface area contributed by atoms with E-state index in [1.165, 1.54) is 0 Å². The van der Waals surface area contributed by atoms with Gasteiger partial charge in [0.05, 0.1) is 11.7 Å². The zero-order valence-electron chi connectivity index (χ0n) is 24.3. The van der Waals surface area contributed by atoms with Crippen LogP contribution in [0, 0.1) is 40.4 Å². The van der Waals surface area contributed by atoms with E-state index in [0.717, 1.165) is 37.7 Å². The lowest BCUT2D eigenvalue weighted by Crippen LogP contribution is -2.56. The largest absolute Gasteiger partial charge is 0.456 e. The first-order chi connectivity index (χ1) is 19.3. The molecule has 1 unspecified atom stereocenters. The normalized spacial score (nSPS) is 38.5. The summed E-state index contributed by atoms with van der Waals surface area (Å²) in [5, 5.41) is 20.8. The van der Waals surface area contributed by atoms with Crippen LogP contribution >= 0.6 is 0 Å². The highest BCUT2D eigenvalue weighted by Gasteiger charge is 2.61. The first kappa shape index (κ1) is 30.5. The fourth-order valence-corrected chi connectivity index (χ4v) is 9.45. The van der Waals surface area contributed by atoms with Gasteiger partial charge < -0.3 is 14.9 Å². The van der Waals surface area contributed by atoms with Gasteiger partial charge in [0.25, 0.3) is 0 Å². The van der Waals surface area contributed by atoms with Crippen molar-refractivity contribution in [2.24, 2.45) is 40.4 Å². The second kappa shape index (κ2) is 11.3. The van der Waals surface area contributed by atoms with Gasteiger partial charge in [0.15, 0.2) is 0 Å². The molecule has 1 aromatic rings. The third-order valence-corrected chi connectivity index (χ3v) is 11.7. The van der Waals surface area contributed by atoms with Crippen LogP contribution in [0.15, 0.2) is 41.7 Å². The number of ether oxygens (including phenoxy) is 1. The molecular weight excluding hydrogens is 536 g/mol. The molecule has 0 saturated heterocycles. The number of aliphatic hydroxyl groups is 2. The molecule has 0 aromatic heterocycles. The van der Waals surface area contributed by atoms with Crippen molar-refractivity contribution in [3.63, 3.8) is 0 Å². The summed E-state index contributed by atoms with van der Waals surface area (Å²) >= 11 is 0. The SMILES string of the molecule is C[C@H](CCCC(O)C(F)(F)F)[C@H]1CC[C@H]2C3=C(F)C[C@H]4[C@@H](O)[C@@H](OC(=O)c5ccccc5)CC[C@]4(C)[C@H]3CC[C@]12C. The highest BCUT2D eigenvalue weighted by Crippen LogP contribution is 2.68. The van der Waals surface area contributed by atoms with Gasteiger partial charge in [0, 0.05) is 12.3 Å². The van der Waals surface area contributed by atoms with Crippen molar-refractivity contribution < 1.29 is 37.3 Å². The Labute approximate surface area is 240 Å². The summed E-state index contributed by atoms with van der Waals surface area (Å²) in [6.45, 7) is 6.52. The van der Waals surface area contributed by atoms with Gasteiger partial charge in [-0.05, 0) is 97.2 Å². The molecule has 10 atom stereocenters. The van der Waals surface area contributed by atoms with Crippen LogP contribution in [-0.4, -0.2) is 40.7 Å². The molecule has 41 heavy (non-hydrogen) atoms. The number of benzene rings is 1. The Hall–Kier alpha value is -1.93. The summed E-state index contributed by atoms with van der Waals surface area (Å²) < 4.78 is 60.1. The molecule has 0 aliphatic heterocycles. The standard InChI is InChI=1S/C33H44F4O4/c1-19(8-7-11-27(38)33(35,36)37)21-12-13-22-28-23(14-16-31(21,22)2)32(3)17-15-26(29(39)24(32)18-25(28)34)41-30(40)20-9-5-4-6-10-20/h4-6,9-10,19,21-24,26-27,29,38-39H,7-8,11-18H2,1-3H3/t19-,21-,22+,23+,24+,26+,27?,29-,31-,32-/m1/s1. The van der Waals surface area contributed by atoms with Crippen LogP contribution in [0.1, 0.15) is 95.3 Å². The van der Waals surface area contributed by atoms with Crippen molar-refractivity contribution in [3.8, 4) is 0 Å². The van der Waals surface area contributed by atoms with Crippen LogP contribution < -0.4 is 0 Å². The number of hydrogen-bond donors (Lipinski definition) is 2. The lowest BCUT2D eigenvalue weighted by molar-refractivity contribution is -0.205. The Bertz CT molecular complexity index is 1140. The Balaban J connectivity index is 1.29. The number of aliphatic hydroxyl groups excluding tert-OH is 2. The van der Waals surface area contributed by atoms with Crippen LogP contribution in [0.4, 0.5) is 17.6 Å². The van der Waals surface area contributed by atoms with Gasteiger partial charge in [0.1, 0.15) is 18.0 Å². The van der Waals surface area contributed by atoms with Gasteiger partial charge in [-0.25, -0.2) is 9.18 Å². The lowest BCUT2D eigenvalue weighted by Gasteiger charge is -2.59. The summed E-state index contributed by atoms with van der Waals surface area (Å²) in [6.07, 6.45) is -2.88. The molecule has 0 radical (unpaired) electrons. The van der Waals surface area contributed by atoms with Crippen LogP contribution in [-0.2, 0) is 4.74 Å². The summed E-state index contributed by atoms with van der Waals surface area (Å²) in [6, 6.07) is 8.70. The molecule has 0 spiro atoms. The van der Waals surface area contributed by atoms with E-state index in [1.807, 2.05) is 6.07 Å². The first-order valence-corrected chi connectivity index (χ1v) is 15.3. The number of esters is 1. The highest BCUT2D eigenvalue weighted by molar-refractivity contribution is 5.89. The molecule has 2 N–H and O–H groups in total. The Morgan fingerprint density at radius 1 is 1.02 bits per heavy atom. The molecule has 5 rings (SSSR count). The predicted molar refractivity (Wildman–Crippen MR) is 147 cm³/mol. The third kappa shape index (κ3) is 5.48. The van der Waals surface area contributed by atoms with Gasteiger partial charge in [-0.3, -0.25) is 0 Å². The molecule has 3 fully saturated rings. The number of alkyl halides is 3. The summed E-state index contributed by atoms with van der Waals surface area (Å²) in [5.41, 5.74) is 0.943. The zero-order valence-corrected chi connectivity index (χ0v) is 24.3. The minimum Gasteiger partial charge on any atom is -0.456 e. The van der Waals surface area contributed by atoms with E-state index in [4.69, 9.17) is 4.74 Å². The van der Waals surface area contributed by atoms with Crippen molar-refractivity contribution >= 4 is 5.97 Å². The molecule has 4 aliphatic carbocycles. The van der Waals surface area contributed by atoms with E-state index < -0.39 is 30.5 Å². The van der Waals surface area contributed by atoms with Gasteiger partial charge in [-0.1, -0.05) is 51.8 Å². The molecule has 4 aliphatic rings. The summed E-state index contributed by atoms with van der Waals surface area (Å²) in [7, 11) is 0. The predicted octanol–water partition coefficient (Wildman–Crippen LogP) is 7.79. The molecule has 3 saturated carbocycles. The Morgan fingerprint density at radius 3 is 2.37 bits per heavy atom. The number of carbonyl (C=O) groups is 1. The maximum Gasteiger partial charge on any atom is 0.414 e. The molecule has 0 amide bonds. The van der Waals surface area contributed by atoms with Gasteiger partial charge in [-0.15, -0.1) is 0 Å². The van der Waals surface area contributed by atoms with Crippen molar-refractivity contribution in [3.05, 3.63) is 47.3 Å². The fraction of sp³-hybridized carbons (Fsp3) is 0.727. The van der Waals surface area contributed by atoms with E-state index in [0.29, 0.717) is 30.7 Å². The molecule has 4 nitrogen and oxygen atoms in total. The van der Waals surface area contributed by atoms with Crippen molar-refractivity contribution in [1.29, 1.82) is 0 Å². The number of rotatable bonds is 7. The van der Waals surface area contributed by atoms with Gasteiger partial charge >= 0.3 is 12.1 Å². The van der Waals surface area contributed by atoms with Crippen molar-refractivity contribution in [1.82, 2.24) is 0 Å². The van der Waals surface area contributed by atoms with E-state index in [1.54, 1.807) is 24.3 Å². The van der Waals surface area contributed by atoms with Crippen LogP contribution in [0.25, 0.3) is 0 Å². The molecule has 0 bridgehead atoms. The van der Waals surface area contributed by atoms with Gasteiger partial charge in [-0.2, -0.15) is 13.2 Å². The Kier molecular flexibility index (Phi) is 8.41. The number of hydrogen-bond acceptors (Lipinski definition) is 4. The van der Waals surface area contributed by atoms with E-state index in [-0.39, 0.29) is 53.2 Å². The quantitative estimate of drug-likeness (QED) is 0.255. The summed E-state index contributed by atoms with van der Waals surface area (Å²) in [4.78, 5) is 12.7. The van der Waals surface area contributed by atoms with Gasteiger partial charge in [0.2, 0.25) is 0 Å². The molecule has 0 heterocycles. The monoisotopic (exact) mass is 580 g/mol. The average molecular weight is 581 g/mol. The second-order valence-corrected chi connectivity index (χ2v) is 13.8. The maximum atomic E-state index is 16.2. The number of carbonyl (C=O) groups excluding carboxylic acids is 1. The fourth-order valence-electron chi connectivity index (χ4n) is 9.45. The van der Waals surface area contributed by atoms with Crippen molar-refractivity contribution in [2.75, 3.05) is 0 Å². The Morgan fingerprint density at radius 2 is 1.68 bits per heavy atom. The van der Waals surface area contributed by atoms with E-state index >= 15 is 4.39 Å². The molecular formula is C33H44F4O4. The highest BCUT2D eigenvalue weighted by atomic mass is 19.4. The zero-order chi connectivity index (χ0) is 29.7. The minimum absolute atomic E-state index is 0.0238. The summed E-state index contributed by atoms with van der Waals surface area (Å²) in [5.74, 6) is -0.328. The molecule has 228 valence electrons. The van der Waals surface area contributed by atoms with E-state index in [9.17, 15) is 28.2 Å². The smallest absolute Gasteiger partial charge is 0.414 e. The average Bonchev–Trinajstić information content (AvgIpc) is 3.28. The molecule has 1 aromatic carbocycles. The molecule has 8 heteroatoms. The van der Waals surface area contributed by atoms with E-state index in [2.05, 4.69) is 20.8 Å². The second-order valence-electron chi connectivity index (χ2n) is 13.8. The lowest BCUT2D eigenvalue weighted by atomic mass is 9.47. The minimum atomic E-state index is -4.58. The number of halogens is 4. The first-order valence-electron chi connectivity index (χ1n) is 15.3. The third-order valence-electron chi connectivity index (χ3n) is 11.7. The van der Waals surface area contributed by atoms with Crippen LogP contribution in [0.3, 0.4) is 0 Å². The topological polar surface area (TPSA) is 66.8 Å². The number of fused-ring (bicyclic) bond motifs is 5. The maximum absolute atomic E-state index is 16.2. The van der Waals surface area contributed by atoms with Crippen molar-refractivity contribution in [2.45, 2.75) is 109 Å². The van der Waals surface area contributed by atoms with Crippen LogP contribution in [0.5, 0.6) is 0 Å². The van der Waals surface area contributed by atoms with Crippen LogP contribution in [0.2, 0.25) is 0 Å². The number of allylic oxidation sites excluding steroid dienone is 2.